The molecular formula is C8H8Cl4. The minimum absolute atomic E-state index is 0.612. The topological polar surface area (TPSA) is 0 Å². The Bertz CT molecular complexity index is 183. The lowest BCUT2D eigenvalue weighted by Crippen LogP contribution is -1.71. The fourth-order valence-corrected chi connectivity index (χ4v) is 0.745. The van der Waals surface area contributed by atoms with Crippen LogP contribution in [0.1, 0.15) is 5.56 Å². The zero-order chi connectivity index (χ0) is 9.40. The normalized spacial score (nSPS) is 9.08. The van der Waals surface area contributed by atoms with Crippen molar-refractivity contribution in [2.45, 2.75) is 10.2 Å². The third-order valence-electron chi connectivity index (χ3n) is 0.997. The van der Waals surface area contributed by atoms with E-state index in [9.17, 15) is 0 Å². The van der Waals surface area contributed by atoms with Crippen LogP contribution in [0.3, 0.4) is 0 Å². The van der Waals surface area contributed by atoms with Gasteiger partial charge < -0.3 is 0 Å². The number of hydrogen-bond donors (Lipinski definition) is 0. The average Bonchev–Trinajstić information content (AvgIpc) is 2.05. The summed E-state index contributed by atoms with van der Waals surface area (Å²) in [4.78, 5) is 0. The van der Waals surface area contributed by atoms with Crippen LogP contribution in [0, 0.1) is 0 Å². The first-order valence-electron chi connectivity index (χ1n) is 3.19. The Morgan fingerprint density at radius 2 is 1.42 bits per heavy atom. The van der Waals surface area contributed by atoms with Gasteiger partial charge in [0.15, 0.2) is 4.30 Å². The summed E-state index contributed by atoms with van der Waals surface area (Å²) in [5.41, 5.74) is 1.18. The van der Waals surface area contributed by atoms with Crippen molar-refractivity contribution in [2.75, 3.05) is 0 Å². The summed E-state index contributed by atoms with van der Waals surface area (Å²) >= 11 is 19.9. The summed E-state index contributed by atoms with van der Waals surface area (Å²) < 4.78 is -0.750. The summed E-state index contributed by atoms with van der Waals surface area (Å²) in [6.45, 7) is 0. The quantitative estimate of drug-likeness (QED) is 0.643. The molecule has 0 aliphatic heterocycles. The highest BCUT2D eigenvalue weighted by Crippen LogP contribution is 2.03. The molecule has 68 valence electrons. The van der Waals surface area contributed by atoms with Crippen LogP contribution in [-0.4, -0.2) is 4.30 Å². The Kier molecular flexibility index (Phi) is 8.25. The van der Waals surface area contributed by atoms with E-state index in [1.54, 1.807) is 0 Å². The standard InChI is InChI=1S/C7H7Cl.CHCl3/c8-6-7-4-2-1-3-5-7;2-1(3)4/h1-5H,6H2;1H. The molecule has 4 heteroatoms. The van der Waals surface area contributed by atoms with Crippen LogP contribution in [0.5, 0.6) is 0 Å². The molecule has 0 aliphatic carbocycles. The van der Waals surface area contributed by atoms with Crippen LogP contribution in [0.2, 0.25) is 0 Å². The highest BCUT2D eigenvalue weighted by atomic mass is 35.6. The highest BCUT2D eigenvalue weighted by Gasteiger charge is 1.81. The maximum Gasteiger partial charge on any atom is 0.180 e. The molecule has 0 radical (unpaired) electrons. The van der Waals surface area contributed by atoms with Gasteiger partial charge in [0.1, 0.15) is 0 Å². The minimum atomic E-state index is -0.750. The van der Waals surface area contributed by atoms with Crippen molar-refractivity contribution in [2.24, 2.45) is 0 Å². The van der Waals surface area contributed by atoms with Crippen molar-refractivity contribution in [1.82, 2.24) is 0 Å². The number of benzene rings is 1. The van der Waals surface area contributed by atoms with Gasteiger partial charge in [-0.25, -0.2) is 0 Å². The third-order valence-corrected chi connectivity index (χ3v) is 1.31. The van der Waals surface area contributed by atoms with Gasteiger partial charge in [0.05, 0.1) is 0 Å². The Morgan fingerprint density at radius 1 is 1.00 bits per heavy atom. The number of hydrogen-bond acceptors (Lipinski definition) is 0. The molecular weight excluding hydrogens is 238 g/mol. The van der Waals surface area contributed by atoms with Gasteiger partial charge in [-0.05, 0) is 5.56 Å². The predicted molar refractivity (Wildman–Crippen MR) is 57.3 cm³/mol. The molecule has 0 aliphatic rings. The van der Waals surface area contributed by atoms with Crippen molar-refractivity contribution in [1.29, 1.82) is 0 Å². The smallest absolute Gasteiger partial charge is 0.122 e. The molecule has 0 heterocycles. The first kappa shape index (κ1) is 12.4. The molecule has 0 N–H and O–H groups in total. The van der Waals surface area contributed by atoms with Crippen LogP contribution in [0.25, 0.3) is 0 Å². The lowest BCUT2D eigenvalue weighted by Gasteiger charge is -1.88. The summed E-state index contributed by atoms with van der Waals surface area (Å²) in [6.07, 6.45) is 0. The van der Waals surface area contributed by atoms with Crippen molar-refractivity contribution in [3.63, 3.8) is 0 Å². The first-order chi connectivity index (χ1) is 5.66. The molecule has 0 saturated heterocycles. The Hall–Kier alpha value is 0.380. The van der Waals surface area contributed by atoms with Crippen LogP contribution < -0.4 is 0 Å². The van der Waals surface area contributed by atoms with Gasteiger partial charge in [-0.15, -0.1) is 11.6 Å². The zero-order valence-corrected chi connectivity index (χ0v) is 9.21. The fraction of sp³-hybridized carbons (Fsp3) is 0.250. The highest BCUT2D eigenvalue weighted by molar-refractivity contribution is 6.63. The summed E-state index contributed by atoms with van der Waals surface area (Å²) in [5.74, 6) is 0.612. The van der Waals surface area contributed by atoms with Gasteiger partial charge in [0.2, 0.25) is 0 Å². The van der Waals surface area contributed by atoms with Crippen LogP contribution in [0.15, 0.2) is 30.3 Å². The molecule has 1 aromatic rings. The van der Waals surface area contributed by atoms with E-state index in [-0.39, 0.29) is 0 Å². The van der Waals surface area contributed by atoms with Gasteiger partial charge in [-0.1, -0.05) is 65.1 Å². The second-order valence-corrected chi connectivity index (χ2v) is 4.11. The van der Waals surface area contributed by atoms with E-state index < -0.39 is 4.30 Å². The van der Waals surface area contributed by atoms with Crippen molar-refractivity contribution >= 4 is 46.4 Å². The second-order valence-electron chi connectivity index (χ2n) is 1.87. The molecule has 0 fully saturated rings. The zero-order valence-electron chi connectivity index (χ0n) is 6.18. The lowest BCUT2D eigenvalue weighted by molar-refractivity contribution is 1.41. The molecule has 0 unspecified atom stereocenters. The molecule has 0 bridgehead atoms. The third kappa shape index (κ3) is 8.48. The van der Waals surface area contributed by atoms with Crippen LogP contribution in [0.4, 0.5) is 0 Å². The number of alkyl halides is 4. The molecule has 1 aromatic carbocycles. The van der Waals surface area contributed by atoms with E-state index in [0.717, 1.165) is 0 Å². The molecule has 0 nitrogen and oxygen atoms in total. The van der Waals surface area contributed by atoms with E-state index >= 15 is 0 Å². The summed E-state index contributed by atoms with van der Waals surface area (Å²) in [6, 6.07) is 9.96. The molecule has 1 rings (SSSR count). The van der Waals surface area contributed by atoms with Crippen LogP contribution in [-0.2, 0) is 5.88 Å². The van der Waals surface area contributed by atoms with E-state index in [4.69, 9.17) is 46.4 Å². The average molecular weight is 246 g/mol. The fourth-order valence-electron chi connectivity index (χ4n) is 0.567. The summed E-state index contributed by atoms with van der Waals surface area (Å²) in [5, 5.41) is 0. The van der Waals surface area contributed by atoms with Crippen LogP contribution >= 0.6 is 46.4 Å². The van der Waals surface area contributed by atoms with E-state index in [1.807, 2.05) is 30.3 Å². The predicted octanol–water partition coefficient (Wildman–Crippen LogP) is 4.41. The SMILES string of the molecule is ClC(Cl)Cl.ClCc1ccccc1. The molecule has 0 atom stereocenters. The van der Waals surface area contributed by atoms with Crippen molar-refractivity contribution in [3.05, 3.63) is 35.9 Å². The number of rotatable bonds is 1. The van der Waals surface area contributed by atoms with Gasteiger partial charge >= 0.3 is 0 Å². The maximum absolute atomic E-state index is 5.53. The minimum Gasteiger partial charge on any atom is -0.122 e. The largest absolute Gasteiger partial charge is 0.180 e. The Labute approximate surface area is 92.4 Å². The lowest BCUT2D eigenvalue weighted by atomic mass is 10.2. The van der Waals surface area contributed by atoms with E-state index in [0.29, 0.717) is 5.88 Å². The van der Waals surface area contributed by atoms with Gasteiger partial charge in [-0.3, -0.25) is 0 Å². The van der Waals surface area contributed by atoms with Gasteiger partial charge in [-0.2, -0.15) is 0 Å². The molecule has 0 amide bonds. The Balaban J connectivity index is 0.000000261. The molecule has 0 spiro atoms. The molecule has 12 heavy (non-hydrogen) atoms. The Morgan fingerprint density at radius 3 is 1.67 bits per heavy atom. The van der Waals surface area contributed by atoms with E-state index in [2.05, 4.69) is 0 Å². The van der Waals surface area contributed by atoms with Crippen molar-refractivity contribution < 1.29 is 0 Å². The molecule has 0 saturated carbocycles. The second kappa shape index (κ2) is 8.00. The van der Waals surface area contributed by atoms with E-state index in [1.165, 1.54) is 5.56 Å². The monoisotopic (exact) mass is 244 g/mol. The van der Waals surface area contributed by atoms with Gasteiger partial charge in [0.25, 0.3) is 0 Å². The summed E-state index contributed by atoms with van der Waals surface area (Å²) in [7, 11) is 0. The number of halogens is 4. The molecule has 0 aromatic heterocycles. The first-order valence-corrected chi connectivity index (χ1v) is 5.03. The van der Waals surface area contributed by atoms with Gasteiger partial charge in [0, 0.05) is 5.88 Å². The van der Waals surface area contributed by atoms with Crippen molar-refractivity contribution in [3.8, 4) is 0 Å². The maximum atomic E-state index is 5.53.